The summed E-state index contributed by atoms with van der Waals surface area (Å²) in [5.41, 5.74) is 4.78. The molecule has 1 unspecified atom stereocenters. The molecule has 2 heterocycles. The molecule has 1 atom stereocenters. The lowest BCUT2D eigenvalue weighted by molar-refractivity contribution is -0.211. The van der Waals surface area contributed by atoms with Crippen LogP contribution < -0.4 is 5.73 Å². The summed E-state index contributed by atoms with van der Waals surface area (Å²) in [4.78, 5) is 5.25. The summed E-state index contributed by atoms with van der Waals surface area (Å²) < 4.78 is 4.46. The van der Waals surface area contributed by atoms with Crippen LogP contribution in [-0.2, 0) is 4.84 Å². The standard InChI is InChI=1S/C9H15N5O3/c1-5(2)4-9(3)14(15)8(13-16-9)6-7(10)12-17-11-6/h5,15H,4H2,1-3H3,(H2,10,12). The van der Waals surface area contributed by atoms with E-state index in [0.29, 0.717) is 12.3 Å². The highest BCUT2D eigenvalue weighted by Gasteiger charge is 2.44. The van der Waals surface area contributed by atoms with Crippen LogP contribution in [0, 0.1) is 5.92 Å². The van der Waals surface area contributed by atoms with Gasteiger partial charge in [0.1, 0.15) is 0 Å². The molecule has 2 rings (SSSR count). The molecule has 94 valence electrons. The van der Waals surface area contributed by atoms with Gasteiger partial charge in [0.05, 0.1) is 0 Å². The predicted octanol–water partition coefficient (Wildman–Crippen LogP) is 0.797. The minimum Gasteiger partial charge on any atom is -0.379 e. The van der Waals surface area contributed by atoms with E-state index in [-0.39, 0.29) is 17.3 Å². The van der Waals surface area contributed by atoms with Crippen molar-refractivity contribution in [1.82, 2.24) is 15.4 Å². The molecule has 1 aromatic rings. The van der Waals surface area contributed by atoms with Crippen molar-refractivity contribution in [2.24, 2.45) is 11.1 Å². The van der Waals surface area contributed by atoms with Gasteiger partial charge in [0, 0.05) is 6.42 Å². The van der Waals surface area contributed by atoms with Gasteiger partial charge in [-0.15, -0.1) is 0 Å². The summed E-state index contributed by atoms with van der Waals surface area (Å²) in [6.07, 6.45) is 0.599. The second-order valence-electron chi connectivity index (χ2n) is 4.59. The third-order valence-corrected chi connectivity index (χ3v) is 2.49. The first-order chi connectivity index (χ1) is 7.94. The van der Waals surface area contributed by atoms with Gasteiger partial charge in [-0.1, -0.05) is 19.0 Å². The van der Waals surface area contributed by atoms with E-state index in [2.05, 4.69) is 20.1 Å². The molecule has 1 aliphatic rings. The van der Waals surface area contributed by atoms with Crippen molar-refractivity contribution in [1.29, 1.82) is 0 Å². The number of hydrogen-bond donors (Lipinski definition) is 2. The number of anilines is 1. The number of oxime groups is 1. The number of amidine groups is 1. The fourth-order valence-electron chi connectivity index (χ4n) is 1.82. The van der Waals surface area contributed by atoms with Crippen LogP contribution in [0.15, 0.2) is 9.78 Å². The quantitative estimate of drug-likeness (QED) is 0.805. The highest BCUT2D eigenvalue weighted by Crippen LogP contribution is 2.31. The molecule has 17 heavy (non-hydrogen) atoms. The van der Waals surface area contributed by atoms with Crippen molar-refractivity contribution < 1.29 is 14.7 Å². The van der Waals surface area contributed by atoms with Crippen molar-refractivity contribution in [3.8, 4) is 0 Å². The summed E-state index contributed by atoms with van der Waals surface area (Å²) in [6, 6.07) is 0. The van der Waals surface area contributed by atoms with Gasteiger partial charge in [-0.25, -0.2) is 4.63 Å². The van der Waals surface area contributed by atoms with E-state index in [0.717, 1.165) is 5.06 Å². The van der Waals surface area contributed by atoms with Crippen LogP contribution in [0.25, 0.3) is 0 Å². The Labute approximate surface area is 97.9 Å². The summed E-state index contributed by atoms with van der Waals surface area (Å²) >= 11 is 0. The topological polar surface area (TPSA) is 110 Å². The van der Waals surface area contributed by atoms with Crippen LogP contribution >= 0.6 is 0 Å². The van der Waals surface area contributed by atoms with E-state index in [4.69, 9.17) is 10.6 Å². The molecular weight excluding hydrogens is 226 g/mol. The van der Waals surface area contributed by atoms with E-state index >= 15 is 0 Å². The molecule has 1 aromatic heterocycles. The highest BCUT2D eigenvalue weighted by molar-refractivity contribution is 6.00. The summed E-state index contributed by atoms with van der Waals surface area (Å²) in [5, 5.41) is 21.7. The highest BCUT2D eigenvalue weighted by atomic mass is 16.7. The third kappa shape index (κ3) is 1.91. The van der Waals surface area contributed by atoms with Crippen LogP contribution in [0.2, 0.25) is 0 Å². The Balaban J connectivity index is 2.22. The van der Waals surface area contributed by atoms with E-state index in [9.17, 15) is 5.21 Å². The van der Waals surface area contributed by atoms with E-state index in [1.807, 2.05) is 13.8 Å². The lowest BCUT2D eigenvalue weighted by Gasteiger charge is -2.29. The van der Waals surface area contributed by atoms with Crippen LogP contribution in [0.1, 0.15) is 32.9 Å². The number of nitrogens with two attached hydrogens (primary N) is 1. The molecule has 0 aromatic carbocycles. The molecular formula is C9H15N5O3. The number of nitrogens with zero attached hydrogens (tertiary/aromatic N) is 4. The van der Waals surface area contributed by atoms with Crippen LogP contribution in [0.4, 0.5) is 5.82 Å². The van der Waals surface area contributed by atoms with Gasteiger partial charge < -0.3 is 10.6 Å². The maximum absolute atomic E-state index is 10.1. The molecule has 0 radical (unpaired) electrons. The molecule has 3 N–H and O–H groups in total. The Hall–Kier alpha value is -1.83. The minimum absolute atomic E-state index is 0.0557. The molecule has 0 fully saturated rings. The largest absolute Gasteiger partial charge is 0.379 e. The monoisotopic (exact) mass is 241 g/mol. The smallest absolute Gasteiger partial charge is 0.231 e. The second kappa shape index (κ2) is 3.88. The van der Waals surface area contributed by atoms with Gasteiger partial charge in [0.25, 0.3) is 0 Å². The summed E-state index contributed by atoms with van der Waals surface area (Å²) in [7, 11) is 0. The van der Waals surface area contributed by atoms with Gasteiger partial charge in [-0.2, -0.15) is 5.06 Å². The molecule has 0 aliphatic carbocycles. The van der Waals surface area contributed by atoms with Crippen molar-refractivity contribution in [2.75, 3.05) is 5.73 Å². The maximum atomic E-state index is 10.1. The minimum atomic E-state index is -0.922. The van der Waals surface area contributed by atoms with E-state index in [1.165, 1.54) is 0 Å². The van der Waals surface area contributed by atoms with Gasteiger partial charge in [-0.05, 0) is 23.2 Å². The fourth-order valence-corrected chi connectivity index (χ4v) is 1.82. The first-order valence-electron chi connectivity index (χ1n) is 5.28. The molecule has 0 spiro atoms. The molecule has 0 saturated carbocycles. The van der Waals surface area contributed by atoms with Gasteiger partial charge in [0.2, 0.25) is 11.6 Å². The number of nitrogen functional groups attached to an aromatic ring is 1. The average Bonchev–Trinajstić information content (AvgIpc) is 2.73. The number of rotatable bonds is 3. The van der Waals surface area contributed by atoms with Gasteiger partial charge >= 0.3 is 0 Å². The third-order valence-electron chi connectivity index (χ3n) is 2.49. The Kier molecular flexibility index (Phi) is 2.66. The zero-order chi connectivity index (χ0) is 12.6. The Bertz CT molecular complexity index is 444. The van der Waals surface area contributed by atoms with Crippen LogP contribution in [0.3, 0.4) is 0 Å². The fraction of sp³-hybridized carbons (Fsp3) is 0.667. The number of hydroxylamine groups is 2. The Morgan fingerprint density at radius 1 is 1.47 bits per heavy atom. The average molecular weight is 241 g/mol. The van der Waals surface area contributed by atoms with Crippen LogP contribution in [0.5, 0.6) is 0 Å². The summed E-state index contributed by atoms with van der Waals surface area (Å²) in [5.74, 6) is 0.490. The van der Waals surface area contributed by atoms with Gasteiger partial charge in [0.15, 0.2) is 11.5 Å². The predicted molar refractivity (Wildman–Crippen MR) is 57.8 cm³/mol. The summed E-state index contributed by atoms with van der Waals surface area (Å²) in [6.45, 7) is 5.77. The van der Waals surface area contributed by atoms with E-state index < -0.39 is 5.72 Å². The molecule has 0 amide bonds. The second-order valence-corrected chi connectivity index (χ2v) is 4.59. The zero-order valence-corrected chi connectivity index (χ0v) is 9.91. The first kappa shape index (κ1) is 11.6. The Morgan fingerprint density at radius 3 is 2.71 bits per heavy atom. The molecule has 0 saturated heterocycles. The van der Waals surface area contributed by atoms with Crippen LogP contribution in [-0.4, -0.2) is 32.1 Å². The maximum Gasteiger partial charge on any atom is 0.231 e. The van der Waals surface area contributed by atoms with Gasteiger partial charge in [-0.3, -0.25) is 5.21 Å². The van der Waals surface area contributed by atoms with Crippen molar-refractivity contribution >= 4 is 11.7 Å². The number of hydrogen-bond acceptors (Lipinski definition) is 8. The first-order valence-corrected chi connectivity index (χ1v) is 5.28. The lowest BCUT2D eigenvalue weighted by atomic mass is 10.0. The van der Waals surface area contributed by atoms with Crippen molar-refractivity contribution in [2.45, 2.75) is 32.9 Å². The van der Waals surface area contributed by atoms with Crippen molar-refractivity contribution in [3.05, 3.63) is 5.69 Å². The zero-order valence-electron chi connectivity index (χ0n) is 9.91. The molecule has 8 nitrogen and oxygen atoms in total. The Morgan fingerprint density at radius 2 is 2.18 bits per heavy atom. The van der Waals surface area contributed by atoms with Crippen molar-refractivity contribution in [3.63, 3.8) is 0 Å². The number of aromatic nitrogens is 2. The van der Waals surface area contributed by atoms with E-state index in [1.54, 1.807) is 6.92 Å². The SMILES string of the molecule is CC(C)CC1(C)ON=C(c2nonc2N)N1O. The molecule has 0 bridgehead atoms. The lowest BCUT2D eigenvalue weighted by Crippen LogP contribution is -2.45. The molecule has 8 heteroatoms. The normalized spacial score (nSPS) is 24.1. The molecule has 1 aliphatic heterocycles.